The van der Waals surface area contributed by atoms with E-state index in [9.17, 15) is 14.0 Å². The van der Waals surface area contributed by atoms with Crippen molar-refractivity contribution in [3.8, 4) is 0 Å². The van der Waals surface area contributed by atoms with Gasteiger partial charge in [0.2, 0.25) is 5.91 Å². The van der Waals surface area contributed by atoms with Crippen LogP contribution < -0.4 is 16.4 Å². The topological polar surface area (TPSA) is 84.2 Å². The first-order valence-electron chi connectivity index (χ1n) is 5.99. The first-order valence-corrected chi connectivity index (χ1v) is 5.99. The maximum absolute atomic E-state index is 13.3. The molecule has 1 aromatic rings. The number of rotatable bonds is 5. The van der Waals surface area contributed by atoms with E-state index in [1.807, 2.05) is 0 Å². The molecule has 0 saturated carbocycles. The summed E-state index contributed by atoms with van der Waals surface area (Å²) in [5.74, 6) is -1.08. The zero-order valence-electron chi connectivity index (χ0n) is 11.0. The summed E-state index contributed by atoms with van der Waals surface area (Å²) in [5, 5.41) is 5.14. The molecular weight excluding hydrogens is 249 g/mol. The molecule has 104 valence electrons. The van der Waals surface area contributed by atoms with E-state index < -0.39 is 11.9 Å². The monoisotopic (exact) mass is 267 g/mol. The number of carbonyl (C=O) groups is 2. The third kappa shape index (κ3) is 4.67. The van der Waals surface area contributed by atoms with E-state index in [1.165, 1.54) is 6.07 Å². The van der Waals surface area contributed by atoms with Gasteiger partial charge in [0.15, 0.2) is 0 Å². The van der Waals surface area contributed by atoms with Gasteiger partial charge in [0.05, 0.1) is 6.04 Å². The summed E-state index contributed by atoms with van der Waals surface area (Å²) in [4.78, 5) is 22.8. The first-order chi connectivity index (χ1) is 8.91. The van der Waals surface area contributed by atoms with Crippen molar-refractivity contribution in [3.63, 3.8) is 0 Å². The molecule has 0 fully saturated rings. The number of hydrogen-bond acceptors (Lipinski definition) is 3. The van der Waals surface area contributed by atoms with Crippen LogP contribution in [0.15, 0.2) is 18.2 Å². The van der Waals surface area contributed by atoms with Gasteiger partial charge >= 0.3 is 0 Å². The van der Waals surface area contributed by atoms with Crippen molar-refractivity contribution < 1.29 is 14.0 Å². The lowest BCUT2D eigenvalue weighted by molar-refractivity contribution is -0.121. The fourth-order valence-corrected chi connectivity index (χ4v) is 1.36. The van der Waals surface area contributed by atoms with Crippen molar-refractivity contribution >= 4 is 11.8 Å². The fraction of sp³-hybridized carbons (Fsp3) is 0.385. The van der Waals surface area contributed by atoms with E-state index in [2.05, 4.69) is 10.6 Å². The average molecular weight is 267 g/mol. The van der Waals surface area contributed by atoms with Gasteiger partial charge in [-0.3, -0.25) is 9.59 Å². The molecule has 19 heavy (non-hydrogen) atoms. The molecule has 1 rings (SSSR count). The molecule has 5 nitrogen and oxygen atoms in total. The minimum Gasteiger partial charge on any atom is -0.353 e. The lowest BCUT2D eigenvalue weighted by atomic mass is 10.1. The van der Waals surface area contributed by atoms with Gasteiger partial charge in [-0.1, -0.05) is 6.07 Å². The van der Waals surface area contributed by atoms with Crippen LogP contribution in [-0.4, -0.2) is 30.9 Å². The van der Waals surface area contributed by atoms with Crippen LogP contribution in [0.3, 0.4) is 0 Å². The molecule has 0 aliphatic rings. The Morgan fingerprint density at radius 1 is 1.32 bits per heavy atom. The quantitative estimate of drug-likeness (QED) is 0.672. The number of hydrogen-bond donors (Lipinski definition) is 3. The molecule has 4 N–H and O–H groups in total. The van der Waals surface area contributed by atoms with Crippen LogP contribution in [0.2, 0.25) is 0 Å². The van der Waals surface area contributed by atoms with Crippen molar-refractivity contribution in [1.82, 2.24) is 10.6 Å². The summed E-state index contributed by atoms with van der Waals surface area (Å²) in [6.45, 7) is 3.73. The Morgan fingerprint density at radius 2 is 1.95 bits per heavy atom. The van der Waals surface area contributed by atoms with Crippen LogP contribution in [0.25, 0.3) is 0 Å². The molecule has 2 amide bonds. The number of amides is 2. The molecule has 0 heterocycles. The second-order valence-electron chi connectivity index (χ2n) is 4.30. The summed E-state index contributed by atoms with van der Waals surface area (Å²) >= 11 is 0. The van der Waals surface area contributed by atoms with Gasteiger partial charge in [-0.2, -0.15) is 0 Å². The molecule has 0 bridgehead atoms. The SMILES string of the molecule is Cc1ccc(C(=O)NCCNC(=O)C(C)N)cc1F. The Labute approximate surface area is 111 Å². The number of carbonyl (C=O) groups excluding carboxylic acids is 2. The maximum Gasteiger partial charge on any atom is 0.251 e. The fourth-order valence-electron chi connectivity index (χ4n) is 1.36. The average Bonchev–Trinajstić information content (AvgIpc) is 2.37. The highest BCUT2D eigenvalue weighted by atomic mass is 19.1. The molecule has 0 aromatic heterocycles. The second kappa shape index (κ2) is 6.84. The lowest BCUT2D eigenvalue weighted by Gasteiger charge is -2.09. The lowest BCUT2D eigenvalue weighted by Crippen LogP contribution is -2.42. The third-order valence-corrected chi connectivity index (χ3v) is 2.56. The highest BCUT2D eigenvalue weighted by molar-refractivity contribution is 5.94. The number of halogens is 1. The second-order valence-corrected chi connectivity index (χ2v) is 4.30. The standard InChI is InChI=1S/C13H18FN3O2/c1-8-3-4-10(7-11(8)14)13(19)17-6-5-16-12(18)9(2)15/h3-4,7,9H,5-6,15H2,1-2H3,(H,16,18)(H,17,19). The minimum atomic E-state index is -0.582. The first kappa shape index (κ1) is 15.1. The van der Waals surface area contributed by atoms with Gasteiger partial charge in [0, 0.05) is 18.7 Å². The summed E-state index contributed by atoms with van der Waals surface area (Å²) in [7, 11) is 0. The maximum atomic E-state index is 13.3. The Kier molecular flexibility index (Phi) is 5.44. The predicted octanol–water partition coefficient (Wildman–Crippen LogP) is 0.327. The van der Waals surface area contributed by atoms with Gasteiger partial charge in [0.25, 0.3) is 5.91 Å². The van der Waals surface area contributed by atoms with Gasteiger partial charge < -0.3 is 16.4 Å². The molecule has 1 unspecified atom stereocenters. The van der Waals surface area contributed by atoms with Crippen LogP contribution in [0.5, 0.6) is 0 Å². The zero-order chi connectivity index (χ0) is 14.4. The summed E-state index contributed by atoms with van der Waals surface area (Å²) < 4.78 is 13.3. The van der Waals surface area contributed by atoms with E-state index in [4.69, 9.17) is 5.73 Å². The van der Waals surface area contributed by atoms with Gasteiger partial charge in [-0.25, -0.2) is 4.39 Å². The van der Waals surface area contributed by atoms with Gasteiger partial charge in [-0.05, 0) is 31.5 Å². The van der Waals surface area contributed by atoms with Gasteiger partial charge in [0.1, 0.15) is 5.82 Å². The van der Waals surface area contributed by atoms with Crippen molar-refractivity contribution in [3.05, 3.63) is 35.1 Å². The molecule has 0 radical (unpaired) electrons. The predicted molar refractivity (Wildman–Crippen MR) is 70.1 cm³/mol. The van der Waals surface area contributed by atoms with Crippen LogP contribution in [-0.2, 0) is 4.79 Å². The Balaban J connectivity index is 2.39. The van der Waals surface area contributed by atoms with E-state index in [0.29, 0.717) is 5.56 Å². The van der Waals surface area contributed by atoms with Crippen molar-refractivity contribution in [2.24, 2.45) is 5.73 Å². The van der Waals surface area contributed by atoms with E-state index in [0.717, 1.165) is 0 Å². The molecule has 0 aliphatic carbocycles. The number of aryl methyl sites for hydroxylation is 1. The van der Waals surface area contributed by atoms with Crippen molar-refractivity contribution in [1.29, 1.82) is 0 Å². The van der Waals surface area contributed by atoms with E-state index in [1.54, 1.807) is 26.0 Å². The summed E-state index contributed by atoms with van der Waals surface area (Å²) in [5.41, 5.74) is 6.10. The van der Waals surface area contributed by atoms with Crippen LogP contribution >= 0.6 is 0 Å². The smallest absolute Gasteiger partial charge is 0.251 e. The summed E-state index contributed by atoms with van der Waals surface area (Å²) in [6.07, 6.45) is 0. The van der Waals surface area contributed by atoms with Gasteiger partial charge in [-0.15, -0.1) is 0 Å². The normalized spacial score (nSPS) is 11.8. The Hall–Kier alpha value is -1.95. The van der Waals surface area contributed by atoms with Crippen molar-refractivity contribution in [2.75, 3.05) is 13.1 Å². The largest absolute Gasteiger partial charge is 0.353 e. The number of nitrogens with one attached hydrogen (secondary N) is 2. The van der Waals surface area contributed by atoms with Crippen LogP contribution in [0.1, 0.15) is 22.8 Å². The molecule has 6 heteroatoms. The molecule has 0 spiro atoms. The zero-order valence-corrected chi connectivity index (χ0v) is 11.0. The Bertz CT molecular complexity index is 475. The molecular formula is C13H18FN3O2. The molecule has 1 atom stereocenters. The molecule has 0 aliphatic heterocycles. The van der Waals surface area contributed by atoms with Crippen molar-refractivity contribution in [2.45, 2.75) is 19.9 Å². The minimum absolute atomic E-state index is 0.251. The van der Waals surface area contributed by atoms with Crippen LogP contribution in [0, 0.1) is 12.7 Å². The van der Waals surface area contributed by atoms with E-state index >= 15 is 0 Å². The summed E-state index contributed by atoms with van der Waals surface area (Å²) in [6, 6.07) is 3.70. The Morgan fingerprint density at radius 3 is 2.53 bits per heavy atom. The molecule has 1 aromatic carbocycles. The van der Waals surface area contributed by atoms with Crippen LogP contribution in [0.4, 0.5) is 4.39 Å². The van der Waals surface area contributed by atoms with E-state index in [-0.39, 0.29) is 30.5 Å². The highest BCUT2D eigenvalue weighted by Gasteiger charge is 2.08. The third-order valence-electron chi connectivity index (χ3n) is 2.56. The molecule has 0 saturated heterocycles. The number of benzene rings is 1. The highest BCUT2D eigenvalue weighted by Crippen LogP contribution is 2.08. The number of nitrogens with two attached hydrogens (primary N) is 1.